The Morgan fingerprint density at radius 1 is 1.42 bits per heavy atom. The Bertz CT molecular complexity index is 629. The Morgan fingerprint density at radius 3 is 2.89 bits per heavy atom. The first-order chi connectivity index (χ1) is 9.13. The van der Waals surface area contributed by atoms with Gasteiger partial charge in [-0.25, -0.2) is 9.12 Å². The van der Waals surface area contributed by atoms with Crippen LogP contribution >= 0.6 is 11.6 Å². The number of benzene rings is 1. The van der Waals surface area contributed by atoms with Crippen molar-refractivity contribution in [2.24, 2.45) is 0 Å². The van der Waals surface area contributed by atoms with Crippen molar-refractivity contribution < 1.29 is 9.12 Å². The number of hydrogen-bond donors (Lipinski definition) is 0. The maximum absolute atomic E-state index is 13.6. The minimum Gasteiger partial charge on any atom is -0.711 e. The third kappa shape index (κ3) is 2.68. The molecule has 0 bridgehead atoms. The van der Waals surface area contributed by atoms with Gasteiger partial charge in [-0.05, 0) is 37.0 Å². The molecule has 0 amide bonds. The minimum absolute atomic E-state index is 0.140. The summed E-state index contributed by atoms with van der Waals surface area (Å²) in [6.07, 6.45) is 5.63. The molecule has 2 aromatic rings. The van der Waals surface area contributed by atoms with Gasteiger partial charge in [-0.1, -0.05) is 16.6 Å². The summed E-state index contributed by atoms with van der Waals surface area (Å²) in [5.41, 5.74) is 1.34. The number of hydrogen-bond acceptors (Lipinski definition) is 2. The van der Waals surface area contributed by atoms with Gasteiger partial charge in [0.25, 0.3) is 0 Å². The van der Waals surface area contributed by atoms with Crippen molar-refractivity contribution in [1.82, 2.24) is 4.98 Å². The van der Waals surface area contributed by atoms with Gasteiger partial charge in [0, 0.05) is 16.1 Å². The molecule has 1 aromatic carbocycles. The lowest BCUT2D eigenvalue weighted by Gasteiger charge is -2.08. The molecule has 1 aliphatic rings. The average molecular weight is 279 g/mol. The van der Waals surface area contributed by atoms with E-state index in [0.29, 0.717) is 16.5 Å². The second-order valence-electron chi connectivity index (χ2n) is 4.82. The number of aromatic nitrogens is 2. The molecule has 1 fully saturated rings. The number of halogens is 2. The lowest BCUT2D eigenvalue weighted by molar-refractivity contribution is -0.617. The Labute approximate surface area is 115 Å². The van der Waals surface area contributed by atoms with Gasteiger partial charge in [0.05, 0.1) is 6.42 Å². The first kappa shape index (κ1) is 12.4. The van der Waals surface area contributed by atoms with Crippen LogP contribution in [-0.4, -0.2) is 4.98 Å². The highest BCUT2D eigenvalue weighted by Crippen LogP contribution is 2.39. The Balaban J connectivity index is 1.88. The molecule has 3 nitrogen and oxygen atoms in total. The molecule has 0 saturated heterocycles. The highest BCUT2D eigenvalue weighted by Gasteiger charge is 2.26. The summed E-state index contributed by atoms with van der Waals surface area (Å²) in [5, 5.41) is 12.3. The van der Waals surface area contributed by atoms with Crippen molar-refractivity contribution in [3.8, 4) is 0 Å². The van der Waals surface area contributed by atoms with E-state index in [4.69, 9.17) is 11.6 Å². The van der Waals surface area contributed by atoms with E-state index < -0.39 is 0 Å². The van der Waals surface area contributed by atoms with Crippen molar-refractivity contribution >= 4 is 11.6 Å². The predicted molar refractivity (Wildman–Crippen MR) is 69.4 cm³/mol. The molecule has 5 heteroatoms. The van der Waals surface area contributed by atoms with E-state index in [1.807, 2.05) is 0 Å². The molecule has 0 unspecified atom stereocenters. The number of rotatable bonds is 3. The molecule has 0 N–H and O–H groups in total. The molecule has 0 atom stereocenters. The molecule has 1 aromatic heterocycles. The molecule has 0 aliphatic heterocycles. The summed E-state index contributed by atoms with van der Waals surface area (Å²) in [4.78, 5) is 4.15. The molecule has 0 spiro atoms. The normalized spacial score (nSPS) is 14.6. The van der Waals surface area contributed by atoms with Crippen molar-refractivity contribution in [1.29, 1.82) is 0 Å². The van der Waals surface area contributed by atoms with Gasteiger partial charge in [0.1, 0.15) is 18.2 Å². The third-order valence-electron chi connectivity index (χ3n) is 3.29. The summed E-state index contributed by atoms with van der Waals surface area (Å²) in [7, 11) is 0. The molecule has 98 valence electrons. The summed E-state index contributed by atoms with van der Waals surface area (Å²) in [6, 6.07) is 4.30. The zero-order valence-electron chi connectivity index (χ0n) is 10.1. The Hall–Kier alpha value is -1.68. The van der Waals surface area contributed by atoms with Gasteiger partial charge in [-0.2, -0.15) is 0 Å². The molecule has 1 aliphatic carbocycles. The van der Waals surface area contributed by atoms with Crippen LogP contribution < -0.4 is 4.73 Å². The smallest absolute Gasteiger partial charge is 0.305 e. The van der Waals surface area contributed by atoms with Gasteiger partial charge in [0.15, 0.2) is 0 Å². The van der Waals surface area contributed by atoms with E-state index in [1.54, 1.807) is 12.4 Å². The largest absolute Gasteiger partial charge is 0.711 e. The standard InChI is InChI=1S/C14H12ClFN2O/c15-12-3-4-13(16)10(5-12)6-14-17-7-11(8-18(14)19)9-1-2-9/h3-5,7-9H,1-2,6H2. The topological polar surface area (TPSA) is 39.8 Å². The summed E-state index contributed by atoms with van der Waals surface area (Å²) in [5.74, 6) is 0.382. The Morgan fingerprint density at radius 2 is 2.21 bits per heavy atom. The van der Waals surface area contributed by atoms with Crippen molar-refractivity contribution in [3.05, 3.63) is 63.6 Å². The summed E-state index contributed by atoms with van der Waals surface area (Å²) >= 11 is 5.83. The quantitative estimate of drug-likeness (QED) is 0.640. The van der Waals surface area contributed by atoms with Crippen LogP contribution in [0.4, 0.5) is 4.39 Å². The maximum Gasteiger partial charge on any atom is 0.305 e. The van der Waals surface area contributed by atoms with Gasteiger partial charge in [-0.3, -0.25) is 0 Å². The second kappa shape index (κ2) is 4.78. The van der Waals surface area contributed by atoms with Gasteiger partial charge in [-0.15, -0.1) is 0 Å². The molecule has 1 saturated carbocycles. The van der Waals surface area contributed by atoms with Gasteiger partial charge < -0.3 is 5.21 Å². The fraction of sp³-hybridized carbons (Fsp3) is 0.286. The van der Waals surface area contributed by atoms with E-state index in [-0.39, 0.29) is 18.1 Å². The van der Waals surface area contributed by atoms with Crippen LogP contribution in [-0.2, 0) is 6.42 Å². The first-order valence-electron chi connectivity index (χ1n) is 6.15. The van der Waals surface area contributed by atoms with E-state index >= 15 is 0 Å². The van der Waals surface area contributed by atoms with E-state index in [1.165, 1.54) is 18.2 Å². The lowest BCUT2D eigenvalue weighted by Crippen LogP contribution is -2.33. The van der Waals surface area contributed by atoms with Crippen molar-refractivity contribution in [3.63, 3.8) is 0 Å². The summed E-state index contributed by atoms with van der Waals surface area (Å²) < 4.78 is 14.3. The van der Waals surface area contributed by atoms with Crippen LogP contribution in [0.25, 0.3) is 0 Å². The fourth-order valence-corrected chi connectivity index (χ4v) is 2.24. The van der Waals surface area contributed by atoms with Crippen LogP contribution in [0, 0.1) is 11.0 Å². The Kier molecular flexibility index (Phi) is 3.11. The van der Waals surface area contributed by atoms with E-state index in [2.05, 4.69) is 4.98 Å². The zero-order chi connectivity index (χ0) is 13.4. The third-order valence-corrected chi connectivity index (χ3v) is 3.52. The molecule has 0 radical (unpaired) electrons. The van der Waals surface area contributed by atoms with E-state index in [9.17, 15) is 9.60 Å². The minimum atomic E-state index is -0.377. The first-order valence-corrected chi connectivity index (χ1v) is 6.53. The van der Waals surface area contributed by atoms with Crippen LogP contribution in [0.15, 0.2) is 30.6 Å². The van der Waals surface area contributed by atoms with E-state index in [0.717, 1.165) is 23.1 Å². The average Bonchev–Trinajstić information content (AvgIpc) is 3.20. The van der Waals surface area contributed by atoms with Crippen LogP contribution in [0.2, 0.25) is 5.02 Å². The van der Waals surface area contributed by atoms with Crippen LogP contribution in [0.1, 0.15) is 35.7 Å². The molecular weight excluding hydrogens is 267 g/mol. The van der Waals surface area contributed by atoms with Crippen LogP contribution in [0.5, 0.6) is 0 Å². The highest BCUT2D eigenvalue weighted by molar-refractivity contribution is 6.30. The summed E-state index contributed by atoms with van der Waals surface area (Å²) in [6.45, 7) is 0. The molecule has 1 heterocycles. The molecular formula is C14H12ClFN2O. The van der Waals surface area contributed by atoms with Crippen molar-refractivity contribution in [2.75, 3.05) is 0 Å². The SMILES string of the molecule is [O-][n+]1cc(C2CC2)cnc1Cc1cc(Cl)ccc1F. The van der Waals surface area contributed by atoms with Gasteiger partial charge >= 0.3 is 5.82 Å². The lowest BCUT2D eigenvalue weighted by atomic mass is 10.1. The monoisotopic (exact) mass is 278 g/mol. The zero-order valence-corrected chi connectivity index (χ0v) is 10.9. The van der Waals surface area contributed by atoms with Crippen molar-refractivity contribution in [2.45, 2.75) is 25.2 Å². The molecule has 19 heavy (non-hydrogen) atoms. The number of nitrogens with zero attached hydrogens (tertiary/aromatic N) is 2. The molecule has 3 rings (SSSR count). The van der Waals surface area contributed by atoms with Crippen LogP contribution in [0.3, 0.4) is 0 Å². The predicted octanol–water partition coefficient (Wildman–Crippen LogP) is 2.98. The van der Waals surface area contributed by atoms with Gasteiger partial charge in [0.2, 0.25) is 0 Å². The highest BCUT2D eigenvalue weighted by atomic mass is 35.5. The maximum atomic E-state index is 13.6. The fourth-order valence-electron chi connectivity index (χ4n) is 2.05. The second-order valence-corrected chi connectivity index (χ2v) is 5.25.